The Labute approximate surface area is 102 Å². The van der Waals surface area contributed by atoms with Gasteiger partial charge >= 0.3 is 0 Å². The number of aromatic nitrogens is 1. The summed E-state index contributed by atoms with van der Waals surface area (Å²) in [6, 6.07) is 3.12. The third-order valence-corrected chi connectivity index (χ3v) is 3.70. The molecule has 0 unspecified atom stereocenters. The van der Waals surface area contributed by atoms with Gasteiger partial charge in [0, 0.05) is 10.0 Å². The molecule has 2 nitrogen and oxygen atoms in total. The van der Waals surface area contributed by atoms with Crippen LogP contribution in [0, 0.1) is 15.0 Å². The lowest BCUT2D eigenvalue weighted by Crippen LogP contribution is -2.00. The number of alkyl halides is 2. The molecule has 0 aromatic carbocycles. The van der Waals surface area contributed by atoms with Gasteiger partial charge in [0.15, 0.2) is 0 Å². The minimum atomic E-state index is -2.60. The molecular weight excluding hydrogens is 369 g/mol. The molecule has 0 saturated heterocycles. The van der Waals surface area contributed by atoms with Crippen molar-refractivity contribution in [1.82, 2.24) is 4.98 Å². The Hall–Kier alpha value is -0.290. The lowest BCUT2D eigenvalue weighted by molar-refractivity contribution is 0.149. The number of pyridine rings is 1. The Morgan fingerprint density at radius 3 is 2.79 bits per heavy atom. The molecular formula is C8H4BrF2IN2. The van der Waals surface area contributed by atoms with Crippen LogP contribution >= 0.6 is 38.5 Å². The Morgan fingerprint density at radius 1 is 1.64 bits per heavy atom. The molecule has 1 aromatic rings. The van der Waals surface area contributed by atoms with Crippen molar-refractivity contribution in [2.24, 2.45) is 0 Å². The molecule has 14 heavy (non-hydrogen) atoms. The highest BCUT2D eigenvalue weighted by molar-refractivity contribution is 14.1. The van der Waals surface area contributed by atoms with E-state index in [1.165, 1.54) is 6.07 Å². The van der Waals surface area contributed by atoms with Crippen molar-refractivity contribution < 1.29 is 8.78 Å². The van der Waals surface area contributed by atoms with Crippen LogP contribution in [0.4, 0.5) is 8.78 Å². The van der Waals surface area contributed by atoms with E-state index in [4.69, 9.17) is 5.26 Å². The maximum Gasteiger partial charge on any atom is 0.265 e. The van der Waals surface area contributed by atoms with Gasteiger partial charge in [0.25, 0.3) is 6.43 Å². The largest absolute Gasteiger partial charge is 0.265 e. The van der Waals surface area contributed by atoms with Crippen LogP contribution in [-0.2, 0) is 6.42 Å². The molecule has 1 heterocycles. The third-order valence-electron chi connectivity index (χ3n) is 1.53. The van der Waals surface area contributed by atoms with E-state index in [1.807, 2.05) is 28.7 Å². The van der Waals surface area contributed by atoms with Crippen LogP contribution < -0.4 is 0 Å². The number of halogens is 4. The van der Waals surface area contributed by atoms with E-state index >= 15 is 0 Å². The van der Waals surface area contributed by atoms with Gasteiger partial charge in [-0.25, -0.2) is 13.8 Å². The van der Waals surface area contributed by atoms with Crippen LogP contribution in [0.3, 0.4) is 0 Å². The average molecular weight is 373 g/mol. The smallest absolute Gasteiger partial charge is 0.244 e. The molecule has 0 radical (unpaired) electrons. The van der Waals surface area contributed by atoms with Crippen LogP contribution in [0.1, 0.15) is 17.7 Å². The molecule has 0 atom stereocenters. The summed E-state index contributed by atoms with van der Waals surface area (Å²) in [6.07, 6.45) is -2.69. The van der Waals surface area contributed by atoms with Crippen molar-refractivity contribution >= 4 is 38.5 Å². The lowest BCUT2D eigenvalue weighted by Gasteiger charge is -2.06. The first kappa shape index (κ1) is 11.8. The van der Waals surface area contributed by atoms with E-state index in [-0.39, 0.29) is 17.7 Å². The van der Waals surface area contributed by atoms with Crippen LogP contribution in [0.15, 0.2) is 10.5 Å². The van der Waals surface area contributed by atoms with Gasteiger partial charge in [0.05, 0.1) is 18.2 Å². The van der Waals surface area contributed by atoms with Gasteiger partial charge in [-0.05, 0) is 44.6 Å². The summed E-state index contributed by atoms with van der Waals surface area (Å²) in [7, 11) is 0. The zero-order valence-electron chi connectivity index (χ0n) is 6.77. The van der Waals surface area contributed by atoms with Crippen LogP contribution in [0.25, 0.3) is 0 Å². The van der Waals surface area contributed by atoms with Gasteiger partial charge in [-0.1, -0.05) is 0 Å². The SMILES string of the molecule is N#CCc1nc(I)c(Br)cc1C(F)F. The fourth-order valence-corrected chi connectivity index (χ4v) is 1.70. The summed E-state index contributed by atoms with van der Waals surface area (Å²) in [5.74, 6) is 0. The monoisotopic (exact) mass is 372 g/mol. The van der Waals surface area contributed by atoms with E-state index in [2.05, 4.69) is 20.9 Å². The standard InChI is InChI=1S/C8H4BrF2IN2/c9-5-3-4(7(10)11)6(1-2-13)14-8(5)12/h3,7H,1H2. The van der Waals surface area contributed by atoms with Gasteiger partial charge in [-0.15, -0.1) is 0 Å². The molecule has 0 aliphatic carbocycles. The van der Waals surface area contributed by atoms with Crippen molar-refractivity contribution in [3.8, 4) is 6.07 Å². The molecule has 0 amide bonds. The lowest BCUT2D eigenvalue weighted by atomic mass is 10.1. The number of hydrogen-bond donors (Lipinski definition) is 0. The molecule has 6 heteroatoms. The molecule has 74 valence electrons. The molecule has 1 aromatic heterocycles. The van der Waals surface area contributed by atoms with Gasteiger partial charge in [-0.2, -0.15) is 5.26 Å². The molecule has 0 saturated carbocycles. The fourth-order valence-electron chi connectivity index (χ4n) is 0.921. The summed E-state index contributed by atoms with van der Waals surface area (Å²) in [5.41, 5.74) is -0.0334. The molecule has 0 aliphatic heterocycles. The Bertz CT molecular complexity index is 390. The topological polar surface area (TPSA) is 36.7 Å². The second-order valence-corrected chi connectivity index (χ2v) is 4.31. The van der Waals surface area contributed by atoms with E-state index in [9.17, 15) is 8.78 Å². The van der Waals surface area contributed by atoms with Crippen molar-refractivity contribution in [2.75, 3.05) is 0 Å². The zero-order chi connectivity index (χ0) is 10.7. The first-order chi connectivity index (χ1) is 6.56. The first-order valence-corrected chi connectivity index (χ1v) is 5.43. The van der Waals surface area contributed by atoms with Gasteiger partial charge in [0.2, 0.25) is 0 Å². The van der Waals surface area contributed by atoms with Crippen molar-refractivity contribution in [1.29, 1.82) is 5.26 Å². The Kier molecular flexibility index (Phi) is 4.19. The Morgan fingerprint density at radius 2 is 2.29 bits per heavy atom. The van der Waals surface area contributed by atoms with E-state index in [0.717, 1.165) is 0 Å². The number of nitrogens with zero attached hydrogens (tertiary/aromatic N) is 2. The molecule has 1 rings (SSSR count). The zero-order valence-corrected chi connectivity index (χ0v) is 10.5. The van der Waals surface area contributed by atoms with E-state index in [0.29, 0.717) is 8.17 Å². The van der Waals surface area contributed by atoms with Gasteiger partial charge in [-0.3, -0.25) is 0 Å². The predicted molar refractivity (Wildman–Crippen MR) is 58.9 cm³/mol. The summed E-state index contributed by atoms with van der Waals surface area (Å²) in [6.45, 7) is 0. The third kappa shape index (κ3) is 2.60. The maximum absolute atomic E-state index is 12.5. The van der Waals surface area contributed by atoms with Crippen LogP contribution in [0.5, 0.6) is 0 Å². The normalized spacial score (nSPS) is 10.3. The average Bonchev–Trinajstić information content (AvgIpc) is 2.11. The maximum atomic E-state index is 12.5. The summed E-state index contributed by atoms with van der Waals surface area (Å²) in [4.78, 5) is 3.92. The summed E-state index contributed by atoms with van der Waals surface area (Å²) < 4.78 is 26.1. The number of hydrogen-bond acceptors (Lipinski definition) is 2. The van der Waals surface area contributed by atoms with Gasteiger partial charge < -0.3 is 0 Å². The van der Waals surface area contributed by atoms with Gasteiger partial charge in [0.1, 0.15) is 3.70 Å². The predicted octanol–water partition coefficient (Wildman–Crippen LogP) is 3.45. The highest BCUT2D eigenvalue weighted by atomic mass is 127. The van der Waals surface area contributed by atoms with E-state index < -0.39 is 6.43 Å². The second-order valence-electron chi connectivity index (χ2n) is 2.43. The highest BCUT2D eigenvalue weighted by Crippen LogP contribution is 2.27. The number of rotatable bonds is 2. The summed E-state index contributed by atoms with van der Waals surface area (Å²) >= 11 is 5.03. The minimum absolute atomic E-state index is 0.0943. The van der Waals surface area contributed by atoms with Crippen molar-refractivity contribution in [2.45, 2.75) is 12.8 Å². The minimum Gasteiger partial charge on any atom is -0.244 e. The number of nitriles is 1. The van der Waals surface area contributed by atoms with E-state index in [1.54, 1.807) is 0 Å². The first-order valence-electron chi connectivity index (χ1n) is 3.56. The fraction of sp³-hybridized carbons (Fsp3) is 0.250. The molecule has 0 fully saturated rings. The summed E-state index contributed by atoms with van der Waals surface area (Å²) in [5, 5.41) is 8.44. The van der Waals surface area contributed by atoms with Crippen LogP contribution in [-0.4, -0.2) is 4.98 Å². The second kappa shape index (κ2) is 4.98. The Balaban J connectivity index is 3.25. The van der Waals surface area contributed by atoms with Crippen molar-refractivity contribution in [3.05, 3.63) is 25.5 Å². The van der Waals surface area contributed by atoms with Crippen molar-refractivity contribution in [3.63, 3.8) is 0 Å². The molecule has 0 bridgehead atoms. The quantitative estimate of drug-likeness (QED) is 0.589. The molecule has 0 spiro atoms. The molecule has 0 aliphatic rings. The molecule has 0 N–H and O–H groups in total. The van der Waals surface area contributed by atoms with Crippen LogP contribution in [0.2, 0.25) is 0 Å². The highest BCUT2D eigenvalue weighted by Gasteiger charge is 2.16.